The molecule has 0 atom stereocenters. The molecule has 0 spiro atoms. The monoisotopic (exact) mass is 170 g/mol. The minimum absolute atomic E-state index is 0.0729. The first kappa shape index (κ1) is 10.8. The lowest BCUT2D eigenvalue weighted by Crippen LogP contribution is -2.08. The molecule has 0 aromatic heterocycles. The lowest BCUT2D eigenvalue weighted by molar-refractivity contribution is -0.137. The van der Waals surface area contributed by atoms with E-state index in [0.717, 1.165) is 6.42 Å². The van der Waals surface area contributed by atoms with Crippen molar-refractivity contribution in [2.24, 2.45) is 0 Å². The van der Waals surface area contributed by atoms with Crippen molar-refractivity contribution in [3.8, 4) is 0 Å². The fourth-order valence-electron chi connectivity index (χ4n) is 0.621. The molecule has 0 aliphatic heterocycles. The van der Waals surface area contributed by atoms with Crippen LogP contribution >= 0.6 is 0 Å². The summed E-state index contributed by atoms with van der Waals surface area (Å²) in [6, 6.07) is 0. The van der Waals surface area contributed by atoms with Crippen LogP contribution in [0.15, 0.2) is 0 Å². The van der Waals surface area contributed by atoms with Crippen molar-refractivity contribution >= 4 is 0 Å². The van der Waals surface area contributed by atoms with Crippen LogP contribution in [-0.4, -0.2) is 19.4 Å². The zero-order valence-corrected chi connectivity index (χ0v) is 6.58. The maximum absolute atomic E-state index is 11.5. The smallest absolute Gasteiger partial charge is 0.381 e. The van der Waals surface area contributed by atoms with E-state index in [4.69, 9.17) is 4.74 Å². The van der Waals surface area contributed by atoms with E-state index < -0.39 is 12.6 Å². The Morgan fingerprint density at radius 3 is 2.27 bits per heavy atom. The van der Waals surface area contributed by atoms with Crippen LogP contribution in [0.5, 0.6) is 0 Å². The van der Waals surface area contributed by atoms with Gasteiger partial charge in [-0.15, -0.1) is 0 Å². The number of hydrogen-bond acceptors (Lipinski definition) is 1. The van der Waals surface area contributed by atoms with Crippen LogP contribution in [0.4, 0.5) is 13.2 Å². The number of ether oxygens (including phenoxy) is 1. The minimum atomic E-state index is -4.03. The Bertz CT molecular complexity index is 90.2. The molecule has 11 heavy (non-hydrogen) atoms. The molecule has 0 aliphatic carbocycles. The van der Waals surface area contributed by atoms with Crippen molar-refractivity contribution in [2.75, 3.05) is 13.2 Å². The van der Waals surface area contributed by atoms with E-state index in [0.29, 0.717) is 6.61 Å². The van der Waals surface area contributed by atoms with E-state index in [-0.39, 0.29) is 13.0 Å². The quantitative estimate of drug-likeness (QED) is 0.576. The van der Waals surface area contributed by atoms with E-state index in [9.17, 15) is 13.2 Å². The van der Waals surface area contributed by atoms with Gasteiger partial charge in [-0.25, -0.2) is 0 Å². The summed E-state index contributed by atoms with van der Waals surface area (Å²) in [7, 11) is 0. The number of hydrogen-bond donors (Lipinski definition) is 0. The van der Waals surface area contributed by atoms with Crippen LogP contribution < -0.4 is 0 Å². The third-order valence-corrected chi connectivity index (χ3v) is 1.10. The second-order valence-corrected chi connectivity index (χ2v) is 2.33. The van der Waals surface area contributed by atoms with Gasteiger partial charge in [0.05, 0.1) is 0 Å². The fraction of sp³-hybridized carbons (Fsp3) is 1.00. The summed E-state index contributed by atoms with van der Waals surface area (Å²) in [5.74, 6) is 0. The number of halogens is 3. The minimum Gasteiger partial charge on any atom is -0.381 e. The molecule has 1 nitrogen and oxygen atoms in total. The molecular weight excluding hydrogens is 157 g/mol. The van der Waals surface area contributed by atoms with E-state index in [2.05, 4.69) is 0 Å². The van der Waals surface area contributed by atoms with Gasteiger partial charge in [0, 0.05) is 19.6 Å². The Labute approximate surface area is 64.5 Å². The Hall–Kier alpha value is -0.250. The standard InChI is InChI=1S/C7H13F3O/c1-2-5-11-6-3-4-7(8,9)10/h2-6H2,1H3. The topological polar surface area (TPSA) is 9.23 Å². The SMILES string of the molecule is CCCOCCCC(F)(F)F. The molecule has 0 radical (unpaired) electrons. The Balaban J connectivity index is 3.02. The second kappa shape index (κ2) is 5.41. The zero-order chi connectivity index (χ0) is 8.74. The molecule has 0 saturated carbocycles. The van der Waals surface area contributed by atoms with Crippen molar-refractivity contribution in [1.82, 2.24) is 0 Å². The highest BCUT2D eigenvalue weighted by molar-refractivity contribution is 4.49. The second-order valence-electron chi connectivity index (χ2n) is 2.33. The lowest BCUT2D eigenvalue weighted by atomic mass is 10.3. The van der Waals surface area contributed by atoms with Crippen molar-refractivity contribution in [3.05, 3.63) is 0 Å². The summed E-state index contributed by atoms with van der Waals surface area (Å²) in [6.07, 6.45) is -3.85. The third-order valence-electron chi connectivity index (χ3n) is 1.10. The van der Waals surface area contributed by atoms with E-state index >= 15 is 0 Å². The average Bonchev–Trinajstić information content (AvgIpc) is 1.85. The molecule has 0 rings (SSSR count). The molecule has 0 amide bonds. The highest BCUT2D eigenvalue weighted by atomic mass is 19.4. The molecule has 0 aromatic rings. The molecule has 0 unspecified atom stereocenters. The first-order valence-corrected chi connectivity index (χ1v) is 3.70. The third kappa shape index (κ3) is 9.75. The fourth-order valence-corrected chi connectivity index (χ4v) is 0.621. The van der Waals surface area contributed by atoms with Crippen molar-refractivity contribution in [2.45, 2.75) is 32.4 Å². The molecule has 68 valence electrons. The maximum atomic E-state index is 11.5. The van der Waals surface area contributed by atoms with Gasteiger partial charge in [-0.1, -0.05) is 6.92 Å². The van der Waals surface area contributed by atoms with Crippen LogP contribution in [0.3, 0.4) is 0 Å². The Morgan fingerprint density at radius 2 is 1.82 bits per heavy atom. The van der Waals surface area contributed by atoms with Gasteiger partial charge < -0.3 is 4.74 Å². The molecule has 0 fully saturated rings. The average molecular weight is 170 g/mol. The molecule has 4 heteroatoms. The Morgan fingerprint density at radius 1 is 1.18 bits per heavy atom. The van der Waals surface area contributed by atoms with Gasteiger partial charge in [-0.2, -0.15) is 13.2 Å². The molecule has 0 N–H and O–H groups in total. The van der Waals surface area contributed by atoms with E-state index in [1.165, 1.54) is 0 Å². The molecule has 0 aliphatic rings. The first-order chi connectivity index (χ1) is 5.06. The van der Waals surface area contributed by atoms with Gasteiger partial charge in [0.2, 0.25) is 0 Å². The summed E-state index contributed by atoms with van der Waals surface area (Å²) in [6.45, 7) is 2.69. The van der Waals surface area contributed by atoms with Gasteiger partial charge in [0.1, 0.15) is 0 Å². The van der Waals surface area contributed by atoms with Crippen molar-refractivity contribution in [3.63, 3.8) is 0 Å². The molecule has 0 aromatic carbocycles. The van der Waals surface area contributed by atoms with Gasteiger partial charge in [-0.05, 0) is 12.8 Å². The van der Waals surface area contributed by atoms with Crippen LogP contribution in [-0.2, 0) is 4.74 Å². The molecule has 0 bridgehead atoms. The summed E-state index contributed by atoms with van der Waals surface area (Å²) in [4.78, 5) is 0. The number of alkyl halides is 3. The largest absolute Gasteiger partial charge is 0.389 e. The summed E-state index contributed by atoms with van der Waals surface area (Å²) < 4.78 is 39.4. The van der Waals surface area contributed by atoms with Crippen LogP contribution in [0.25, 0.3) is 0 Å². The van der Waals surface area contributed by atoms with Crippen molar-refractivity contribution in [1.29, 1.82) is 0 Å². The highest BCUT2D eigenvalue weighted by Crippen LogP contribution is 2.20. The molecule has 0 saturated heterocycles. The van der Waals surface area contributed by atoms with Crippen molar-refractivity contribution < 1.29 is 17.9 Å². The molecular formula is C7H13F3O. The normalized spacial score (nSPS) is 12.0. The summed E-state index contributed by atoms with van der Waals surface area (Å²) >= 11 is 0. The Kier molecular flexibility index (Phi) is 5.28. The maximum Gasteiger partial charge on any atom is 0.389 e. The molecule has 0 heterocycles. The van der Waals surface area contributed by atoms with Gasteiger partial charge in [0.15, 0.2) is 0 Å². The van der Waals surface area contributed by atoms with Gasteiger partial charge in [0.25, 0.3) is 0 Å². The predicted molar refractivity (Wildman–Crippen MR) is 36.4 cm³/mol. The number of rotatable bonds is 5. The predicted octanol–water partition coefficient (Wildman–Crippen LogP) is 2.76. The van der Waals surface area contributed by atoms with Crippen LogP contribution in [0.1, 0.15) is 26.2 Å². The van der Waals surface area contributed by atoms with E-state index in [1.54, 1.807) is 0 Å². The summed E-state index contributed by atoms with van der Waals surface area (Å²) in [5, 5.41) is 0. The summed E-state index contributed by atoms with van der Waals surface area (Å²) in [5.41, 5.74) is 0. The zero-order valence-electron chi connectivity index (χ0n) is 6.58. The highest BCUT2D eigenvalue weighted by Gasteiger charge is 2.25. The van der Waals surface area contributed by atoms with Crippen LogP contribution in [0.2, 0.25) is 0 Å². The van der Waals surface area contributed by atoms with Gasteiger partial charge in [-0.3, -0.25) is 0 Å². The first-order valence-electron chi connectivity index (χ1n) is 3.70. The van der Waals surface area contributed by atoms with Crippen LogP contribution in [0, 0.1) is 0 Å². The van der Waals surface area contributed by atoms with Gasteiger partial charge >= 0.3 is 6.18 Å². The van der Waals surface area contributed by atoms with E-state index in [1.807, 2.05) is 6.92 Å². The lowest BCUT2D eigenvalue weighted by Gasteiger charge is -2.05.